The lowest BCUT2D eigenvalue weighted by Gasteiger charge is -2.29. The maximum atomic E-state index is 13.3. The second-order valence-electron chi connectivity index (χ2n) is 6.47. The predicted octanol–water partition coefficient (Wildman–Crippen LogP) is 4.94. The molecule has 2 aromatic rings. The van der Waals surface area contributed by atoms with Crippen molar-refractivity contribution in [3.63, 3.8) is 0 Å². The predicted molar refractivity (Wildman–Crippen MR) is 91.5 cm³/mol. The van der Waals surface area contributed by atoms with Crippen LogP contribution in [0.1, 0.15) is 53.9 Å². The van der Waals surface area contributed by atoms with Crippen molar-refractivity contribution in [2.45, 2.75) is 38.0 Å². The highest BCUT2D eigenvalue weighted by atomic mass is 19.1. The molecule has 0 spiro atoms. The molecule has 0 amide bonds. The minimum Gasteiger partial charge on any atom is -0.299 e. The minimum absolute atomic E-state index is 0.0308. The maximum absolute atomic E-state index is 13.3. The van der Waals surface area contributed by atoms with Crippen LogP contribution >= 0.6 is 0 Å². The molecular weight excluding hydrogens is 303 g/mol. The van der Waals surface area contributed by atoms with E-state index >= 15 is 0 Å². The first kappa shape index (κ1) is 16.6. The molecule has 0 bridgehead atoms. The molecule has 2 nitrogen and oxygen atoms in total. The highest BCUT2D eigenvalue weighted by Crippen LogP contribution is 2.37. The molecule has 1 fully saturated rings. The summed E-state index contributed by atoms with van der Waals surface area (Å²) in [6.07, 6.45) is 3.61. The molecule has 2 atom stereocenters. The summed E-state index contributed by atoms with van der Waals surface area (Å²) in [5.41, 5.74) is 1.54. The molecule has 24 heavy (non-hydrogen) atoms. The van der Waals surface area contributed by atoms with Crippen LogP contribution in [0.15, 0.2) is 54.6 Å². The van der Waals surface area contributed by atoms with E-state index in [1.807, 2.05) is 18.2 Å². The first-order valence-electron chi connectivity index (χ1n) is 8.51. The largest absolute Gasteiger partial charge is 0.299 e. The van der Waals surface area contributed by atoms with E-state index in [1.165, 1.54) is 12.1 Å². The standard InChI is InChI=1S/C21H21FO2/c22-17-12-10-15(11-13-17)19(18-8-4-5-9-20(18)23)14-21(24)16-6-2-1-3-7-16/h1-3,6-7,10-13,18-19H,4-5,8-9,14H2/t18-,19-/m1/s1. The third-order valence-electron chi connectivity index (χ3n) is 4.89. The molecular formula is C21H21FO2. The number of Topliss-reactive ketones (excluding diaryl/α,β-unsaturated/α-hetero) is 2. The SMILES string of the molecule is O=C(C[C@H](c1ccc(F)cc1)[C@H]1CCCCC1=O)c1ccccc1. The molecule has 0 saturated heterocycles. The number of benzene rings is 2. The number of hydrogen-bond acceptors (Lipinski definition) is 2. The smallest absolute Gasteiger partial charge is 0.163 e. The van der Waals surface area contributed by atoms with Gasteiger partial charge in [-0.3, -0.25) is 9.59 Å². The lowest BCUT2D eigenvalue weighted by Crippen LogP contribution is -2.27. The number of hydrogen-bond donors (Lipinski definition) is 0. The van der Waals surface area contributed by atoms with Crippen LogP contribution in [0.5, 0.6) is 0 Å². The van der Waals surface area contributed by atoms with E-state index < -0.39 is 0 Å². The number of carbonyl (C=O) groups excluding carboxylic acids is 2. The van der Waals surface area contributed by atoms with Crippen LogP contribution < -0.4 is 0 Å². The van der Waals surface area contributed by atoms with Crippen molar-refractivity contribution >= 4 is 11.6 Å². The molecule has 3 rings (SSSR count). The second kappa shape index (κ2) is 7.52. The molecule has 1 aliphatic carbocycles. The van der Waals surface area contributed by atoms with Crippen molar-refractivity contribution in [1.29, 1.82) is 0 Å². The first-order chi connectivity index (χ1) is 11.6. The fourth-order valence-corrected chi connectivity index (χ4v) is 3.58. The van der Waals surface area contributed by atoms with Crippen LogP contribution in [0.3, 0.4) is 0 Å². The molecule has 3 heteroatoms. The van der Waals surface area contributed by atoms with E-state index in [2.05, 4.69) is 0 Å². The van der Waals surface area contributed by atoms with Crippen molar-refractivity contribution in [3.8, 4) is 0 Å². The van der Waals surface area contributed by atoms with Gasteiger partial charge in [0.25, 0.3) is 0 Å². The topological polar surface area (TPSA) is 34.1 Å². The van der Waals surface area contributed by atoms with Crippen LogP contribution in [0, 0.1) is 11.7 Å². The Bertz CT molecular complexity index is 706. The Labute approximate surface area is 141 Å². The molecule has 1 aliphatic rings. The normalized spacial score (nSPS) is 19.0. The summed E-state index contributed by atoms with van der Waals surface area (Å²) in [6, 6.07) is 15.4. The lowest BCUT2D eigenvalue weighted by atomic mass is 9.73. The van der Waals surface area contributed by atoms with Crippen molar-refractivity contribution in [3.05, 3.63) is 71.5 Å². The molecule has 2 aromatic carbocycles. The molecule has 0 unspecified atom stereocenters. The van der Waals surface area contributed by atoms with Crippen LogP contribution in [-0.2, 0) is 4.79 Å². The van der Waals surface area contributed by atoms with E-state index in [0.717, 1.165) is 24.8 Å². The van der Waals surface area contributed by atoms with E-state index in [1.54, 1.807) is 24.3 Å². The van der Waals surface area contributed by atoms with Gasteiger partial charge in [0.15, 0.2) is 5.78 Å². The van der Waals surface area contributed by atoms with Gasteiger partial charge >= 0.3 is 0 Å². The Morgan fingerprint density at radius 1 is 1.04 bits per heavy atom. The molecule has 0 aromatic heterocycles. The second-order valence-corrected chi connectivity index (χ2v) is 6.47. The zero-order valence-electron chi connectivity index (χ0n) is 13.6. The Kier molecular flexibility index (Phi) is 5.19. The van der Waals surface area contributed by atoms with Crippen LogP contribution in [0.25, 0.3) is 0 Å². The van der Waals surface area contributed by atoms with E-state index in [-0.39, 0.29) is 35.6 Å². The van der Waals surface area contributed by atoms with Gasteiger partial charge in [0, 0.05) is 30.2 Å². The summed E-state index contributed by atoms with van der Waals surface area (Å²) >= 11 is 0. The number of rotatable bonds is 5. The average Bonchev–Trinajstić information content (AvgIpc) is 2.62. The van der Waals surface area contributed by atoms with Gasteiger partial charge in [0.1, 0.15) is 11.6 Å². The third kappa shape index (κ3) is 3.78. The number of ketones is 2. The van der Waals surface area contributed by atoms with Crippen molar-refractivity contribution in [2.75, 3.05) is 0 Å². The summed E-state index contributed by atoms with van der Waals surface area (Å²) in [5.74, 6) is -0.357. The summed E-state index contributed by atoms with van der Waals surface area (Å²) in [5, 5.41) is 0. The Balaban J connectivity index is 1.88. The Morgan fingerprint density at radius 2 is 1.75 bits per heavy atom. The van der Waals surface area contributed by atoms with Gasteiger partial charge in [-0.15, -0.1) is 0 Å². The minimum atomic E-state index is -0.304. The van der Waals surface area contributed by atoms with E-state index in [9.17, 15) is 14.0 Å². The van der Waals surface area contributed by atoms with E-state index in [0.29, 0.717) is 12.0 Å². The Morgan fingerprint density at radius 3 is 2.42 bits per heavy atom. The third-order valence-corrected chi connectivity index (χ3v) is 4.89. The van der Waals surface area contributed by atoms with Gasteiger partial charge in [-0.2, -0.15) is 0 Å². The lowest BCUT2D eigenvalue weighted by molar-refractivity contribution is -0.125. The quantitative estimate of drug-likeness (QED) is 0.730. The zero-order valence-corrected chi connectivity index (χ0v) is 13.6. The van der Waals surface area contributed by atoms with Gasteiger partial charge < -0.3 is 0 Å². The molecule has 0 N–H and O–H groups in total. The maximum Gasteiger partial charge on any atom is 0.163 e. The Hall–Kier alpha value is -2.29. The van der Waals surface area contributed by atoms with Crippen LogP contribution in [0.2, 0.25) is 0 Å². The molecule has 0 aliphatic heterocycles. The highest BCUT2D eigenvalue weighted by Gasteiger charge is 2.32. The summed E-state index contributed by atoms with van der Waals surface area (Å²) in [6.45, 7) is 0. The fraction of sp³-hybridized carbons (Fsp3) is 0.333. The zero-order chi connectivity index (χ0) is 16.9. The van der Waals surface area contributed by atoms with Crippen molar-refractivity contribution in [2.24, 2.45) is 5.92 Å². The van der Waals surface area contributed by atoms with Crippen LogP contribution in [0.4, 0.5) is 4.39 Å². The summed E-state index contributed by atoms with van der Waals surface area (Å²) in [4.78, 5) is 25.1. The summed E-state index contributed by atoms with van der Waals surface area (Å²) in [7, 11) is 0. The van der Waals surface area contributed by atoms with Gasteiger partial charge in [-0.1, -0.05) is 48.9 Å². The first-order valence-corrected chi connectivity index (χ1v) is 8.51. The van der Waals surface area contributed by atoms with Gasteiger partial charge in [-0.25, -0.2) is 4.39 Å². The van der Waals surface area contributed by atoms with Crippen molar-refractivity contribution < 1.29 is 14.0 Å². The van der Waals surface area contributed by atoms with Crippen molar-refractivity contribution in [1.82, 2.24) is 0 Å². The van der Waals surface area contributed by atoms with Crippen LogP contribution in [-0.4, -0.2) is 11.6 Å². The highest BCUT2D eigenvalue weighted by molar-refractivity contribution is 5.97. The summed E-state index contributed by atoms with van der Waals surface area (Å²) < 4.78 is 13.3. The number of carbonyl (C=O) groups is 2. The monoisotopic (exact) mass is 324 g/mol. The number of halogens is 1. The van der Waals surface area contributed by atoms with Gasteiger partial charge in [0.05, 0.1) is 0 Å². The molecule has 1 saturated carbocycles. The van der Waals surface area contributed by atoms with E-state index in [4.69, 9.17) is 0 Å². The van der Waals surface area contributed by atoms with Gasteiger partial charge in [0.2, 0.25) is 0 Å². The fourth-order valence-electron chi connectivity index (χ4n) is 3.58. The van der Waals surface area contributed by atoms with Gasteiger partial charge in [-0.05, 0) is 30.5 Å². The average molecular weight is 324 g/mol. The molecule has 124 valence electrons. The molecule has 0 radical (unpaired) electrons. The molecule has 0 heterocycles.